The van der Waals surface area contributed by atoms with Gasteiger partial charge >= 0.3 is 0 Å². The van der Waals surface area contributed by atoms with Gasteiger partial charge in [0.15, 0.2) is 5.96 Å². The Labute approximate surface area is 147 Å². The Bertz CT molecular complexity index is 307. The van der Waals surface area contributed by atoms with E-state index in [2.05, 4.69) is 34.4 Å². The molecule has 2 rings (SSSR count). The van der Waals surface area contributed by atoms with Gasteiger partial charge in [0.05, 0.1) is 0 Å². The van der Waals surface area contributed by atoms with Gasteiger partial charge in [-0.1, -0.05) is 19.8 Å². The van der Waals surface area contributed by atoms with E-state index >= 15 is 0 Å². The lowest BCUT2D eigenvalue weighted by molar-refractivity contribution is 0.147. The largest absolute Gasteiger partial charge is 0.355 e. The van der Waals surface area contributed by atoms with E-state index in [1.54, 1.807) is 0 Å². The monoisotopic (exact) mass is 408 g/mol. The molecule has 1 aliphatic heterocycles. The Hall–Kier alpha value is -0.0400. The predicted octanol–water partition coefficient (Wildman–Crippen LogP) is 2.83. The minimum Gasteiger partial charge on any atom is -0.355 e. The molecule has 0 aromatic carbocycles. The Morgan fingerprint density at radius 1 is 1.19 bits per heavy atom. The van der Waals surface area contributed by atoms with Crippen LogP contribution >= 0.6 is 24.0 Å². The lowest BCUT2D eigenvalue weighted by Crippen LogP contribution is -2.49. The Balaban J connectivity index is 0.00000220. The fourth-order valence-corrected chi connectivity index (χ4v) is 3.30. The smallest absolute Gasteiger partial charge is 0.191 e. The van der Waals surface area contributed by atoms with E-state index in [-0.39, 0.29) is 24.0 Å². The quantitative estimate of drug-likeness (QED) is 0.427. The van der Waals surface area contributed by atoms with E-state index in [1.807, 2.05) is 7.05 Å². The average Bonchev–Trinajstić information content (AvgIpc) is 2.96. The highest BCUT2D eigenvalue weighted by molar-refractivity contribution is 14.0. The molecule has 1 unspecified atom stereocenters. The van der Waals surface area contributed by atoms with Crippen LogP contribution in [0.2, 0.25) is 0 Å². The molecule has 1 heterocycles. The van der Waals surface area contributed by atoms with E-state index in [0.29, 0.717) is 12.1 Å². The minimum atomic E-state index is 0. The molecule has 124 valence electrons. The summed E-state index contributed by atoms with van der Waals surface area (Å²) in [6, 6.07) is 1.22. The molecule has 2 N–H and O–H groups in total. The van der Waals surface area contributed by atoms with Gasteiger partial charge in [0, 0.05) is 25.7 Å². The molecule has 0 aromatic rings. The number of halogens is 1. The summed E-state index contributed by atoms with van der Waals surface area (Å²) in [5, 5.41) is 7.05. The van der Waals surface area contributed by atoms with Gasteiger partial charge in [-0.25, -0.2) is 0 Å². The van der Waals surface area contributed by atoms with Crippen molar-refractivity contribution in [3.8, 4) is 0 Å². The Morgan fingerprint density at radius 3 is 2.38 bits per heavy atom. The highest BCUT2D eigenvalue weighted by Crippen LogP contribution is 2.18. The molecule has 0 aromatic heterocycles. The van der Waals surface area contributed by atoms with Crippen molar-refractivity contribution in [2.45, 2.75) is 64.5 Å². The number of rotatable bonds is 4. The second kappa shape index (κ2) is 9.87. The molecule has 5 heteroatoms. The predicted molar refractivity (Wildman–Crippen MR) is 102 cm³/mol. The van der Waals surface area contributed by atoms with Crippen LogP contribution in [0.3, 0.4) is 0 Å². The molecule has 4 nitrogen and oxygen atoms in total. The van der Waals surface area contributed by atoms with E-state index < -0.39 is 0 Å². The van der Waals surface area contributed by atoms with Crippen molar-refractivity contribution >= 4 is 29.9 Å². The third-order valence-electron chi connectivity index (χ3n) is 4.93. The molecule has 1 saturated carbocycles. The van der Waals surface area contributed by atoms with Crippen LogP contribution in [0, 0.1) is 5.92 Å². The molecule has 0 spiro atoms. The summed E-state index contributed by atoms with van der Waals surface area (Å²) in [4.78, 5) is 6.96. The lowest BCUT2D eigenvalue weighted by Gasteiger charge is -2.35. The maximum Gasteiger partial charge on any atom is 0.191 e. The maximum atomic E-state index is 4.36. The summed E-state index contributed by atoms with van der Waals surface area (Å²) in [5.74, 6) is 1.89. The highest BCUT2D eigenvalue weighted by atomic mass is 127. The van der Waals surface area contributed by atoms with Gasteiger partial charge in [-0.15, -0.1) is 24.0 Å². The summed E-state index contributed by atoms with van der Waals surface area (Å²) in [6.45, 7) is 8.18. The first kappa shape index (κ1) is 19.0. The summed E-state index contributed by atoms with van der Waals surface area (Å²) >= 11 is 0. The molecule has 21 heavy (non-hydrogen) atoms. The van der Waals surface area contributed by atoms with Crippen molar-refractivity contribution in [3.63, 3.8) is 0 Å². The van der Waals surface area contributed by atoms with Crippen LogP contribution in [0.25, 0.3) is 0 Å². The van der Waals surface area contributed by atoms with Gasteiger partial charge in [-0.3, -0.25) is 9.89 Å². The summed E-state index contributed by atoms with van der Waals surface area (Å²) < 4.78 is 0. The van der Waals surface area contributed by atoms with E-state index in [1.165, 1.54) is 51.6 Å². The van der Waals surface area contributed by atoms with E-state index in [4.69, 9.17) is 0 Å². The van der Waals surface area contributed by atoms with E-state index in [0.717, 1.165) is 18.4 Å². The molecule has 1 aliphatic carbocycles. The third-order valence-corrected chi connectivity index (χ3v) is 4.93. The normalized spacial score (nSPS) is 23.7. The topological polar surface area (TPSA) is 39.7 Å². The fraction of sp³-hybridized carbons (Fsp3) is 0.938. The summed E-state index contributed by atoms with van der Waals surface area (Å²) in [7, 11) is 1.87. The first-order valence-corrected chi connectivity index (χ1v) is 8.40. The van der Waals surface area contributed by atoms with Crippen molar-refractivity contribution in [3.05, 3.63) is 0 Å². The number of hydrogen-bond acceptors (Lipinski definition) is 2. The average molecular weight is 408 g/mol. The standard InChI is InChI=1S/C16H32N4.HI/c1-13-8-10-20(11-9-13)14(2)12-18-16(17-3)19-15-6-4-5-7-15;/h13-15H,4-12H2,1-3H3,(H2,17,18,19);1H. The van der Waals surface area contributed by atoms with Crippen molar-refractivity contribution in [1.29, 1.82) is 0 Å². The fourth-order valence-electron chi connectivity index (χ4n) is 3.30. The number of nitrogens with zero attached hydrogens (tertiary/aromatic N) is 2. The maximum absolute atomic E-state index is 4.36. The molecule has 0 radical (unpaired) electrons. The second-order valence-electron chi connectivity index (χ2n) is 6.65. The van der Waals surface area contributed by atoms with Crippen molar-refractivity contribution < 1.29 is 0 Å². The number of guanidine groups is 1. The molecule has 2 aliphatic rings. The molecular formula is C16H33IN4. The number of hydrogen-bond donors (Lipinski definition) is 2. The first-order chi connectivity index (χ1) is 9.69. The molecular weight excluding hydrogens is 375 g/mol. The summed E-state index contributed by atoms with van der Waals surface area (Å²) in [6.07, 6.45) is 7.99. The minimum absolute atomic E-state index is 0. The highest BCUT2D eigenvalue weighted by Gasteiger charge is 2.21. The molecule has 0 bridgehead atoms. The van der Waals surface area contributed by atoms with Crippen LogP contribution in [-0.4, -0.2) is 49.6 Å². The van der Waals surface area contributed by atoms with E-state index in [9.17, 15) is 0 Å². The van der Waals surface area contributed by atoms with Crippen molar-refractivity contribution in [1.82, 2.24) is 15.5 Å². The second-order valence-corrected chi connectivity index (χ2v) is 6.65. The van der Waals surface area contributed by atoms with Crippen LogP contribution < -0.4 is 10.6 Å². The molecule has 0 amide bonds. The third kappa shape index (κ3) is 6.30. The first-order valence-electron chi connectivity index (χ1n) is 8.40. The molecule has 1 atom stereocenters. The molecule has 2 fully saturated rings. The van der Waals surface area contributed by atoms with Gasteiger partial charge in [0.1, 0.15) is 0 Å². The van der Waals surface area contributed by atoms with Gasteiger partial charge < -0.3 is 10.6 Å². The van der Waals surface area contributed by atoms with Gasteiger partial charge in [-0.2, -0.15) is 0 Å². The zero-order chi connectivity index (χ0) is 14.4. The Morgan fingerprint density at radius 2 is 1.81 bits per heavy atom. The van der Waals surface area contributed by atoms with Crippen molar-refractivity contribution in [2.24, 2.45) is 10.9 Å². The zero-order valence-corrected chi connectivity index (χ0v) is 16.2. The summed E-state index contributed by atoms with van der Waals surface area (Å²) in [5.41, 5.74) is 0. The zero-order valence-electron chi connectivity index (χ0n) is 13.9. The number of nitrogens with one attached hydrogen (secondary N) is 2. The number of likely N-dealkylation sites (tertiary alicyclic amines) is 1. The van der Waals surface area contributed by atoms with Crippen LogP contribution in [-0.2, 0) is 0 Å². The van der Waals surface area contributed by atoms with Crippen LogP contribution in [0.1, 0.15) is 52.4 Å². The van der Waals surface area contributed by atoms with Crippen LogP contribution in [0.15, 0.2) is 4.99 Å². The van der Waals surface area contributed by atoms with Gasteiger partial charge in [0.25, 0.3) is 0 Å². The van der Waals surface area contributed by atoms with Gasteiger partial charge in [0.2, 0.25) is 0 Å². The Kier molecular flexibility index (Phi) is 8.94. The number of aliphatic imine (C=N–C) groups is 1. The number of piperidine rings is 1. The van der Waals surface area contributed by atoms with Crippen LogP contribution in [0.4, 0.5) is 0 Å². The van der Waals surface area contributed by atoms with Crippen LogP contribution in [0.5, 0.6) is 0 Å². The van der Waals surface area contributed by atoms with Gasteiger partial charge in [-0.05, 0) is 51.6 Å². The SMILES string of the molecule is CN=C(NCC(C)N1CCC(C)CC1)NC1CCCC1.I. The molecule has 1 saturated heterocycles. The van der Waals surface area contributed by atoms with Crippen molar-refractivity contribution in [2.75, 3.05) is 26.7 Å². The lowest BCUT2D eigenvalue weighted by atomic mass is 9.98.